The third kappa shape index (κ3) is 4.04. The van der Waals surface area contributed by atoms with Crippen LogP contribution in [0.4, 0.5) is 0 Å². The van der Waals surface area contributed by atoms with Crippen molar-refractivity contribution in [3.63, 3.8) is 0 Å². The van der Waals surface area contributed by atoms with E-state index in [2.05, 4.69) is 16.3 Å². The van der Waals surface area contributed by atoms with Gasteiger partial charge in [0.25, 0.3) is 0 Å². The minimum Gasteiger partial charge on any atom is -0.362 e. The van der Waals surface area contributed by atoms with Gasteiger partial charge in [0.05, 0.1) is 41.6 Å². The van der Waals surface area contributed by atoms with Crippen LogP contribution in [0.5, 0.6) is 0 Å². The largest absolute Gasteiger partial charge is 0.362 e. The summed E-state index contributed by atoms with van der Waals surface area (Å²) in [6.45, 7) is 1.35. The van der Waals surface area contributed by atoms with E-state index in [1.807, 2.05) is 0 Å². The zero-order valence-electron chi connectivity index (χ0n) is 8.62. The predicted molar refractivity (Wildman–Crippen MR) is 77.6 cm³/mol. The molecule has 0 spiro atoms. The molecular formula is CH20N4Si7. The maximum Gasteiger partial charge on any atom is 0.153 e. The number of nitrogens with zero attached hydrogens (tertiary/aromatic N) is 4. The van der Waals surface area contributed by atoms with Crippen LogP contribution in [0, 0.1) is 0 Å². The third-order valence-corrected chi connectivity index (χ3v) is 13.3. The highest BCUT2D eigenvalue weighted by Gasteiger charge is 2.14. The first-order valence-corrected chi connectivity index (χ1v) is 11.7. The Kier molecular flexibility index (Phi) is 5.04. The van der Waals surface area contributed by atoms with Crippen LogP contribution >= 0.6 is 0 Å². The van der Waals surface area contributed by atoms with E-state index in [0.717, 1.165) is 0 Å². The highest BCUT2D eigenvalue weighted by atomic mass is 28.4. The molecule has 11 heteroatoms. The second-order valence-corrected chi connectivity index (χ2v) is 25.8. The normalized spacial score (nSPS) is 34.0. The van der Waals surface area contributed by atoms with Crippen molar-refractivity contribution in [1.29, 1.82) is 0 Å². The van der Waals surface area contributed by atoms with Gasteiger partial charge in [-0.2, -0.15) is 0 Å². The van der Waals surface area contributed by atoms with E-state index in [9.17, 15) is 0 Å². The molecule has 72 valence electrons. The number of hydrogen-bond donors (Lipinski definition) is 0. The molecule has 1 rings (SSSR count). The molecular weight excluding hydrogens is 265 g/mol. The summed E-state index contributed by atoms with van der Waals surface area (Å²) in [6, 6.07) is 0. The standard InChI is InChI=1S/CH20N4Si7/c6-2-1-3(7)11-5(9)12-4(8)10-2/h1,10-12H2,6-9H3. The van der Waals surface area contributed by atoms with Crippen LogP contribution in [-0.2, 0) is 0 Å². The quantitative estimate of drug-likeness (QED) is 0.410. The van der Waals surface area contributed by atoms with Crippen molar-refractivity contribution >= 4 is 71.1 Å². The fourth-order valence-corrected chi connectivity index (χ4v) is 32.0. The fraction of sp³-hybridized carbons (Fsp3) is 1.00. The lowest BCUT2D eigenvalue weighted by Gasteiger charge is -2.37. The van der Waals surface area contributed by atoms with Crippen LogP contribution < -0.4 is 0 Å². The molecule has 1 saturated heterocycles. The SMILES string of the molecule is [SiH3]N1CN([SiH3])[SiH2]N([SiH3])[SiH2]N([SiH3])[SiH2]1. The van der Waals surface area contributed by atoms with Gasteiger partial charge in [0, 0.05) is 6.67 Å². The van der Waals surface area contributed by atoms with E-state index in [1.54, 1.807) is 0 Å². The molecule has 0 atom stereocenters. The lowest BCUT2D eigenvalue weighted by atomic mass is 11.3. The van der Waals surface area contributed by atoms with Gasteiger partial charge in [0.1, 0.15) is 9.84 Å². The Labute approximate surface area is 94.0 Å². The molecule has 0 aromatic carbocycles. The summed E-state index contributed by atoms with van der Waals surface area (Å²) >= 11 is 0. The third-order valence-electron chi connectivity index (χ3n) is 1.93. The summed E-state index contributed by atoms with van der Waals surface area (Å²) in [5.41, 5.74) is 0. The minimum absolute atomic E-state index is 0.0719. The first kappa shape index (κ1) is 11.4. The zero-order chi connectivity index (χ0) is 9.14. The number of rotatable bonds is 0. The lowest BCUT2D eigenvalue weighted by Crippen LogP contribution is -2.57. The Balaban J connectivity index is 2.45. The Morgan fingerprint density at radius 3 is 1.58 bits per heavy atom. The summed E-state index contributed by atoms with van der Waals surface area (Å²) in [5.74, 6) is 0. The summed E-state index contributed by atoms with van der Waals surface area (Å²) in [4.78, 5) is 0. The van der Waals surface area contributed by atoms with Crippen LogP contribution in [-0.4, -0.2) is 94.1 Å². The van der Waals surface area contributed by atoms with Gasteiger partial charge in [-0.25, -0.2) is 0 Å². The van der Waals surface area contributed by atoms with Gasteiger partial charge in [0.2, 0.25) is 0 Å². The van der Waals surface area contributed by atoms with E-state index < -0.39 is 0 Å². The van der Waals surface area contributed by atoms with E-state index in [-0.39, 0.29) is 29.5 Å². The summed E-state index contributed by atoms with van der Waals surface area (Å²) in [5, 5.41) is 0. The van der Waals surface area contributed by atoms with Crippen LogP contribution in [0.2, 0.25) is 0 Å². The average molecular weight is 285 g/mol. The van der Waals surface area contributed by atoms with Crippen molar-refractivity contribution in [2.24, 2.45) is 0 Å². The van der Waals surface area contributed by atoms with E-state index >= 15 is 0 Å². The molecule has 0 saturated carbocycles. The maximum atomic E-state index is 2.85. The Bertz CT molecular complexity index is 103. The summed E-state index contributed by atoms with van der Waals surface area (Å²) < 4.78 is 11.2. The highest BCUT2D eigenvalue weighted by molar-refractivity contribution is 6.69. The first-order chi connectivity index (χ1) is 5.58. The van der Waals surface area contributed by atoms with Gasteiger partial charge in [-0.15, -0.1) is 0 Å². The molecule has 0 radical (unpaired) electrons. The van der Waals surface area contributed by atoms with Crippen molar-refractivity contribution in [3.05, 3.63) is 0 Å². The maximum absolute atomic E-state index is 2.85. The lowest BCUT2D eigenvalue weighted by molar-refractivity contribution is 0.506. The molecule has 0 N–H and O–H groups in total. The molecule has 0 aromatic heterocycles. The van der Waals surface area contributed by atoms with Crippen molar-refractivity contribution < 1.29 is 0 Å². The molecule has 1 aliphatic heterocycles. The van der Waals surface area contributed by atoms with Crippen molar-refractivity contribution in [2.45, 2.75) is 0 Å². The molecule has 12 heavy (non-hydrogen) atoms. The smallest absolute Gasteiger partial charge is 0.153 e. The Morgan fingerprint density at radius 1 is 0.750 bits per heavy atom. The highest BCUT2D eigenvalue weighted by Crippen LogP contribution is 1.91. The zero-order valence-corrected chi connectivity index (χ0v) is 20.9. The number of hydrogen-bond acceptors (Lipinski definition) is 4. The van der Waals surface area contributed by atoms with Gasteiger partial charge in [0.15, 0.2) is 19.7 Å². The van der Waals surface area contributed by atoms with Crippen LogP contribution in [0.1, 0.15) is 0 Å². The van der Waals surface area contributed by atoms with Gasteiger partial charge in [-0.05, 0) is 0 Å². The van der Waals surface area contributed by atoms with Crippen LogP contribution in [0.3, 0.4) is 0 Å². The predicted octanol–water partition coefficient (Wildman–Crippen LogP) is -8.72. The molecule has 0 bridgehead atoms. The molecule has 0 aromatic rings. The molecule has 1 heterocycles. The first-order valence-electron chi connectivity index (χ1n) is 4.32. The molecule has 1 aliphatic rings. The average Bonchev–Trinajstić information content (AvgIpc) is 1.81. The molecule has 0 aliphatic carbocycles. The minimum atomic E-state index is 0.0719. The van der Waals surface area contributed by atoms with Crippen molar-refractivity contribution in [3.8, 4) is 0 Å². The van der Waals surface area contributed by atoms with E-state index in [4.69, 9.17) is 0 Å². The monoisotopic (exact) mass is 284 g/mol. The summed E-state index contributed by atoms with van der Waals surface area (Å²) in [7, 11) is 5.57. The summed E-state index contributed by atoms with van der Waals surface area (Å²) in [6.07, 6.45) is 0. The van der Waals surface area contributed by atoms with Gasteiger partial charge < -0.3 is 16.3 Å². The van der Waals surface area contributed by atoms with E-state index in [1.165, 1.54) is 48.3 Å². The second kappa shape index (κ2) is 5.29. The molecule has 0 amide bonds. The van der Waals surface area contributed by atoms with Crippen molar-refractivity contribution in [1.82, 2.24) is 16.3 Å². The fourth-order valence-electron chi connectivity index (χ4n) is 1.83. The Morgan fingerprint density at radius 2 is 1.17 bits per heavy atom. The van der Waals surface area contributed by atoms with E-state index in [0.29, 0.717) is 0 Å². The van der Waals surface area contributed by atoms with Gasteiger partial charge >= 0.3 is 0 Å². The topological polar surface area (TPSA) is 13.0 Å². The van der Waals surface area contributed by atoms with Gasteiger partial charge in [-0.3, -0.25) is 0 Å². The second-order valence-electron chi connectivity index (χ2n) is 3.99. The molecule has 0 unspecified atom stereocenters. The Hall–Kier alpha value is 1.36. The van der Waals surface area contributed by atoms with Crippen LogP contribution in [0.15, 0.2) is 0 Å². The molecule has 1 fully saturated rings. The molecule has 4 nitrogen and oxygen atoms in total. The van der Waals surface area contributed by atoms with Crippen LogP contribution in [0.25, 0.3) is 0 Å². The van der Waals surface area contributed by atoms with Crippen molar-refractivity contribution in [2.75, 3.05) is 6.67 Å². The van der Waals surface area contributed by atoms with Gasteiger partial charge in [-0.1, -0.05) is 0 Å².